The third-order valence-electron chi connectivity index (χ3n) is 4.28. The van der Waals surface area contributed by atoms with Gasteiger partial charge in [-0.05, 0) is 31.5 Å². The van der Waals surface area contributed by atoms with E-state index in [0.29, 0.717) is 12.2 Å². The zero-order valence-corrected chi connectivity index (χ0v) is 14.0. The number of para-hydroxylation sites is 1. The minimum Gasteiger partial charge on any atom is -0.387 e. The molecule has 0 radical (unpaired) electrons. The van der Waals surface area contributed by atoms with Crippen molar-refractivity contribution in [2.45, 2.75) is 20.0 Å². The van der Waals surface area contributed by atoms with Crippen LogP contribution in [0.25, 0.3) is 10.9 Å². The number of hydrogen-bond acceptors (Lipinski definition) is 2. The van der Waals surface area contributed by atoms with Crippen molar-refractivity contribution in [3.63, 3.8) is 0 Å². The van der Waals surface area contributed by atoms with Gasteiger partial charge in [-0.3, -0.25) is 4.79 Å². The van der Waals surface area contributed by atoms with Crippen LogP contribution in [0.15, 0.2) is 54.6 Å². The zero-order valence-electron chi connectivity index (χ0n) is 14.0. The minimum atomic E-state index is -0.695. The number of likely N-dealkylation sites (N-methyl/N-ethyl adjacent to an activating group) is 1. The van der Waals surface area contributed by atoms with Crippen LogP contribution in [0, 0.1) is 6.92 Å². The number of aliphatic hydroxyl groups excluding tert-OH is 1. The molecule has 2 aromatic carbocycles. The highest BCUT2D eigenvalue weighted by atomic mass is 16.3. The van der Waals surface area contributed by atoms with E-state index in [1.807, 2.05) is 68.4 Å². The van der Waals surface area contributed by atoms with Gasteiger partial charge in [-0.2, -0.15) is 0 Å². The van der Waals surface area contributed by atoms with Gasteiger partial charge >= 0.3 is 0 Å². The largest absolute Gasteiger partial charge is 0.387 e. The SMILES string of the molecule is CCN(CC(O)c1ccc(C)cc1)C(=O)c1cc2ccccc2[nH]1. The summed E-state index contributed by atoms with van der Waals surface area (Å²) in [6.07, 6.45) is -0.695. The molecule has 1 atom stereocenters. The van der Waals surface area contributed by atoms with Crippen LogP contribution in [0.1, 0.15) is 34.6 Å². The summed E-state index contributed by atoms with van der Waals surface area (Å²) in [5.41, 5.74) is 3.46. The Morgan fingerprint density at radius 1 is 1.17 bits per heavy atom. The van der Waals surface area contributed by atoms with Crippen molar-refractivity contribution in [3.8, 4) is 0 Å². The Morgan fingerprint density at radius 3 is 2.54 bits per heavy atom. The van der Waals surface area contributed by atoms with Gasteiger partial charge in [0.15, 0.2) is 0 Å². The van der Waals surface area contributed by atoms with E-state index >= 15 is 0 Å². The number of benzene rings is 2. The van der Waals surface area contributed by atoms with Crippen molar-refractivity contribution in [2.24, 2.45) is 0 Å². The predicted octanol–water partition coefficient (Wildman–Crippen LogP) is 3.67. The van der Waals surface area contributed by atoms with Crippen LogP contribution in [0.2, 0.25) is 0 Å². The van der Waals surface area contributed by atoms with Gasteiger partial charge in [0.25, 0.3) is 5.91 Å². The van der Waals surface area contributed by atoms with Crippen molar-refractivity contribution in [3.05, 3.63) is 71.4 Å². The number of H-pyrrole nitrogens is 1. The molecule has 0 fully saturated rings. The maximum absolute atomic E-state index is 12.8. The molecule has 124 valence electrons. The molecule has 0 saturated carbocycles. The van der Waals surface area contributed by atoms with Crippen molar-refractivity contribution in [1.82, 2.24) is 9.88 Å². The highest BCUT2D eigenvalue weighted by Crippen LogP contribution is 2.19. The lowest BCUT2D eigenvalue weighted by Crippen LogP contribution is -2.34. The Labute approximate surface area is 141 Å². The van der Waals surface area contributed by atoms with Crippen molar-refractivity contribution >= 4 is 16.8 Å². The van der Waals surface area contributed by atoms with Crippen LogP contribution >= 0.6 is 0 Å². The topological polar surface area (TPSA) is 56.3 Å². The summed E-state index contributed by atoms with van der Waals surface area (Å²) >= 11 is 0. The highest BCUT2D eigenvalue weighted by molar-refractivity contribution is 5.98. The summed E-state index contributed by atoms with van der Waals surface area (Å²) in [6.45, 7) is 4.74. The fourth-order valence-corrected chi connectivity index (χ4v) is 2.82. The van der Waals surface area contributed by atoms with Gasteiger partial charge in [0.2, 0.25) is 0 Å². The number of nitrogens with zero attached hydrogens (tertiary/aromatic N) is 1. The molecule has 0 bridgehead atoms. The average molecular weight is 322 g/mol. The summed E-state index contributed by atoms with van der Waals surface area (Å²) in [5.74, 6) is -0.0974. The number of carbonyl (C=O) groups excluding carboxylic acids is 1. The number of hydrogen-bond donors (Lipinski definition) is 2. The molecule has 3 aromatic rings. The average Bonchev–Trinajstić information content (AvgIpc) is 3.03. The van der Waals surface area contributed by atoms with E-state index in [2.05, 4.69) is 4.98 Å². The van der Waals surface area contributed by atoms with Crippen LogP contribution in [0.4, 0.5) is 0 Å². The molecule has 4 heteroatoms. The second kappa shape index (κ2) is 6.89. The van der Waals surface area contributed by atoms with Crippen molar-refractivity contribution in [1.29, 1.82) is 0 Å². The quantitative estimate of drug-likeness (QED) is 0.753. The van der Waals surface area contributed by atoms with E-state index in [-0.39, 0.29) is 12.5 Å². The van der Waals surface area contributed by atoms with Gasteiger partial charge in [-0.25, -0.2) is 0 Å². The van der Waals surface area contributed by atoms with Gasteiger partial charge in [-0.1, -0.05) is 48.0 Å². The summed E-state index contributed by atoms with van der Waals surface area (Å²) in [5, 5.41) is 11.5. The fraction of sp³-hybridized carbons (Fsp3) is 0.250. The maximum atomic E-state index is 12.8. The smallest absolute Gasteiger partial charge is 0.270 e. The predicted molar refractivity (Wildman–Crippen MR) is 96.0 cm³/mol. The summed E-state index contributed by atoms with van der Waals surface area (Å²) in [7, 11) is 0. The zero-order chi connectivity index (χ0) is 17.1. The molecule has 3 rings (SSSR count). The van der Waals surface area contributed by atoms with Crippen LogP contribution in [0.5, 0.6) is 0 Å². The first kappa shape index (κ1) is 16.3. The molecule has 4 nitrogen and oxygen atoms in total. The molecule has 0 spiro atoms. The number of aromatic nitrogens is 1. The van der Waals surface area contributed by atoms with Crippen LogP contribution in [0.3, 0.4) is 0 Å². The van der Waals surface area contributed by atoms with Gasteiger partial charge in [-0.15, -0.1) is 0 Å². The van der Waals surface area contributed by atoms with Gasteiger partial charge < -0.3 is 15.0 Å². The molecule has 1 amide bonds. The summed E-state index contributed by atoms with van der Waals surface area (Å²) < 4.78 is 0. The highest BCUT2D eigenvalue weighted by Gasteiger charge is 2.20. The van der Waals surface area contributed by atoms with E-state index in [0.717, 1.165) is 22.0 Å². The van der Waals surface area contributed by atoms with Crippen LogP contribution < -0.4 is 0 Å². The van der Waals surface area contributed by atoms with Gasteiger partial charge in [0.05, 0.1) is 12.6 Å². The number of carbonyl (C=O) groups is 1. The molecule has 0 aliphatic carbocycles. The first-order valence-corrected chi connectivity index (χ1v) is 8.20. The van der Waals surface area contributed by atoms with E-state index < -0.39 is 6.10 Å². The fourth-order valence-electron chi connectivity index (χ4n) is 2.82. The Morgan fingerprint density at radius 2 is 1.88 bits per heavy atom. The van der Waals surface area contributed by atoms with E-state index in [4.69, 9.17) is 0 Å². The lowest BCUT2D eigenvalue weighted by molar-refractivity contribution is 0.0630. The summed E-state index contributed by atoms with van der Waals surface area (Å²) in [6, 6.07) is 17.4. The van der Waals surface area contributed by atoms with Crippen molar-refractivity contribution < 1.29 is 9.90 Å². The second-order valence-corrected chi connectivity index (χ2v) is 6.04. The maximum Gasteiger partial charge on any atom is 0.270 e. The Hall–Kier alpha value is -2.59. The molecular formula is C20H22N2O2. The molecule has 0 aliphatic rings. The molecule has 0 saturated heterocycles. The number of rotatable bonds is 5. The number of aliphatic hydroxyl groups is 1. The molecule has 1 unspecified atom stereocenters. The molecular weight excluding hydrogens is 300 g/mol. The molecule has 1 heterocycles. The Bertz CT molecular complexity index is 803. The lowest BCUT2D eigenvalue weighted by Gasteiger charge is -2.23. The van der Waals surface area contributed by atoms with E-state index in [1.54, 1.807) is 4.90 Å². The number of aryl methyl sites for hydroxylation is 1. The first-order valence-electron chi connectivity index (χ1n) is 8.20. The third-order valence-corrected chi connectivity index (χ3v) is 4.28. The standard InChI is InChI=1S/C20H22N2O2/c1-3-22(13-19(23)15-10-8-14(2)9-11-15)20(24)18-12-16-6-4-5-7-17(16)21-18/h4-12,19,21,23H,3,13H2,1-2H3. The Balaban J connectivity index is 1.77. The second-order valence-electron chi connectivity index (χ2n) is 6.04. The number of amides is 1. The lowest BCUT2D eigenvalue weighted by atomic mass is 10.1. The van der Waals surface area contributed by atoms with Crippen molar-refractivity contribution in [2.75, 3.05) is 13.1 Å². The molecule has 1 aromatic heterocycles. The summed E-state index contributed by atoms with van der Waals surface area (Å²) in [4.78, 5) is 17.6. The van der Waals surface area contributed by atoms with Crippen LogP contribution in [-0.4, -0.2) is 34.0 Å². The Kier molecular flexibility index (Phi) is 4.67. The molecule has 24 heavy (non-hydrogen) atoms. The molecule has 2 N–H and O–H groups in total. The van der Waals surface area contributed by atoms with Gasteiger partial charge in [0.1, 0.15) is 5.69 Å². The monoisotopic (exact) mass is 322 g/mol. The van der Waals surface area contributed by atoms with Crippen LogP contribution in [-0.2, 0) is 0 Å². The third kappa shape index (κ3) is 3.34. The van der Waals surface area contributed by atoms with E-state index in [9.17, 15) is 9.90 Å². The number of fused-ring (bicyclic) bond motifs is 1. The van der Waals surface area contributed by atoms with Gasteiger partial charge in [0, 0.05) is 17.4 Å². The minimum absolute atomic E-state index is 0.0974. The normalized spacial score (nSPS) is 12.3. The number of aromatic amines is 1. The first-order chi connectivity index (χ1) is 11.6. The molecule has 0 aliphatic heterocycles. The van der Waals surface area contributed by atoms with E-state index in [1.165, 1.54) is 0 Å². The number of nitrogens with one attached hydrogen (secondary N) is 1.